The van der Waals surface area contributed by atoms with E-state index in [0.29, 0.717) is 11.3 Å². The Morgan fingerprint density at radius 3 is 2.45 bits per heavy atom. The van der Waals surface area contributed by atoms with Gasteiger partial charge >= 0.3 is 0 Å². The third kappa shape index (κ3) is 5.03. The van der Waals surface area contributed by atoms with Crippen LogP contribution in [0.15, 0.2) is 54.7 Å². The van der Waals surface area contributed by atoms with Crippen LogP contribution < -0.4 is 10.0 Å². The maximum absolute atomic E-state index is 12.7. The molecular weight excluding hydrogens is 388 g/mol. The molecule has 0 aliphatic rings. The number of benzene rings is 2. The fraction of sp³-hybridized carbons (Fsp3) is 0.238. The van der Waals surface area contributed by atoms with Gasteiger partial charge in [0, 0.05) is 22.5 Å². The van der Waals surface area contributed by atoms with E-state index in [0.717, 1.165) is 23.2 Å². The second-order valence-corrected chi connectivity index (χ2v) is 8.83. The summed E-state index contributed by atoms with van der Waals surface area (Å²) in [7, 11) is -3.41. The van der Waals surface area contributed by atoms with Crippen LogP contribution in [-0.4, -0.2) is 30.4 Å². The van der Waals surface area contributed by atoms with Gasteiger partial charge in [0.2, 0.25) is 10.0 Å². The highest BCUT2D eigenvalue weighted by Crippen LogP contribution is 2.21. The standard InChI is InChI=1S/C21H24N4O3S/c1-14-8-10-19(11-9-14)25-16(3)20(13-22-25)15(2)23-21(26)17-6-5-7-18(12-17)24-29(4,27)28/h5-13,15,24H,1-4H3,(H,23,26). The van der Waals surface area contributed by atoms with E-state index in [1.807, 2.05) is 49.7 Å². The first-order valence-electron chi connectivity index (χ1n) is 9.14. The third-order valence-corrected chi connectivity index (χ3v) is 5.17. The lowest BCUT2D eigenvalue weighted by Gasteiger charge is -2.15. The van der Waals surface area contributed by atoms with Gasteiger partial charge in [0.25, 0.3) is 5.91 Å². The molecule has 29 heavy (non-hydrogen) atoms. The Labute approximate surface area is 170 Å². The molecule has 0 saturated carbocycles. The molecule has 1 aromatic heterocycles. The van der Waals surface area contributed by atoms with Crippen LogP contribution >= 0.6 is 0 Å². The summed E-state index contributed by atoms with van der Waals surface area (Å²) in [6, 6.07) is 14.2. The summed E-state index contributed by atoms with van der Waals surface area (Å²) in [6.07, 6.45) is 2.82. The summed E-state index contributed by atoms with van der Waals surface area (Å²) in [6.45, 7) is 5.88. The first-order chi connectivity index (χ1) is 13.6. The molecular formula is C21H24N4O3S. The molecule has 2 aromatic carbocycles. The highest BCUT2D eigenvalue weighted by molar-refractivity contribution is 7.92. The lowest BCUT2D eigenvalue weighted by molar-refractivity contribution is 0.0940. The smallest absolute Gasteiger partial charge is 0.251 e. The number of nitrogens with zero attached hydrogens (tertiary/aromatic N) is 2. The predicted molar refractivity (Wildman–Crippen MR) is 114 cm³/mol. The summed E-state index contributed by atoms with van der Waals surface area (Å²) in [5.74, 6) is -0.294. The zero-order valence-electron chi connectivity index (χ0n) is 16.8. The molecule has 8 heteroatoms. The van der Waals surface area contributed by atoms with Crippen molar-refractivity contribution in [1.29, 1.82) is 0 Å². The number of carbonyl (C=O) groups excluding carboxylic acids is 1. The van der Waals surface area contributed by atoms with E-state index >= 15 is 0 Å². The summed E-state index contributed by atoms with van der Waals surface area (Å²) >= 11 is 0. The lowest BCUT2D eigenvalue weighted by atomic mass is 10.1. The molecule has 0 bridgehead atoms. The Morgan fingerprint density at radius 1 is 1.10 bits per heavy atom. The largest absolute Gasteiger partial charge is 0.345 e. The lowest BCUT2D eigenvalue weighted by Crippen LogP contribution is -2.27. The molecule has 2 N–H and O–H groups in total. The van der Waals surface area contributed by atoms with Crippen LogP contribution in [0.1, 0.15) is 40.1 Å². The Balaban J connectivity index is 1.77. The SMILES string of the molecule is Cc1ccc(-n2ncc(C(C)NC(=O)c3cccc(NS(C)(=O)=O)c3)c2C)cc1. The molecule has 0 saturated heterocycles. The Morgan fingerprint density at radius 2 is 1.79 bits per heavy atom. The van der Waals surface area contributed by atoms with Crippen LogP contribution in [0, 0.1) is 13.8 Å². The minimum atomic E-state index is -3.41. The van der Waals surface area contributed by atoms with Crippen LogP contribution in [0.3, 0.4) is 0 Å². The average Bonchev–Trinajstić information content (AvgIpc) is 3.02. The number of hydrogen-bond acceptors (Lipinski definition) is 4. The predicted octanol–water partition coefficient (Wildman–Crippen LogP) is 3.35. The fourth-order valence-electron chi connectivity index (χ4n) is 3.09. The summed E-state index contributed by atoms with van der Waals surface area (Å²) in [4.78, 5) is 12.7. The Kier molecular flexibility index (Phi) is 5.74. The molecule has 152 valence electrons. The second kappa shape index (κ2) is 8.08. The van der Waals surface area contributed by atoms with Crippen molar-refractivity contribution in [2.45, 2.75) is 26.8 Å². The summed E-state index contributed by atoms with van der Waals surface area (Å²) in [5, 5.41) is 7.41. The molecule has 0 radical (unpaired) electrons. The average molecular weight is 413 g/mol. The number of aromatic nitrogens is 2. The Bertz CT molecular complexity index is 1130. The zero-order chi connectivity index (χ0) is 21.2. The van der Waals surface area contributed by atoms with Crippen LogP contribution in [0.25, 0.3) is 5.69 Å². The number of aryl methyl sites for hydroxylation is 1. The number of nitrogens with one attached hydrogen (secondary N) is 2. The van der Waals surface area contributed by atoms with Gasteiger partial charge in [0.15, 0.2) is 0 Å². The normalized spacial score (nSPS) is 12.4. The van der Waals surface area contributed by atoms with Crippen LogP contribution in [0.4, 0.5) is 5.69 Å². The number of sulfonamides is 1. The quantitative estimate of drug-likeness (QED) is 0.649. The van der Waals surface area contributed by atoms with E-state index in [4.69, 9.17) is 0 Å². The molecule has 1 atom stereocenters. The molecule has 0 aliphatic heterocycles. The Hall–Kier alpha value is -3.13. The van der Waals surface area contributed by atoms with Gasteiger partial charge in [-0.05, 0) is 51.1 Å². The minimum absolute atomic E-state index is 0.270. The van der Waals surface area contributed by atoms with Crippen molar-refractivity contribution in [3.8, 4) is 5.69 Å². The first kappa shape index (κ1) is 20.6. The number of anilines is 1. The second-order valence-electron chi connectivity index (χ2n) is 7.08. The first-order valence-corrected chi connectivity index (χ1v) is 11.0. The van der Waals surface area contributed by atoms with Crippen LogP contribution in [0.5, 0.6) is 0 Å². The highest BCUT2D eigenvalue weighted by Gasteiger charge is 2.17. The molecule has 3 aromatic rings. The van der Waals surface area contributed by atoms with E-state index in [1.165, 1.54) is 11.6 Å². The van der Waals surface area contributed by atoms with Crippen LogP contribution in [-0.2, 0) is 10.0 Å². The summed E-state index contributed by atoms with van der Waals surface area (Å²) < 4.78 is 27.0. The summed E-state index contributed by atoms with van der Waals surface area (Å²) in [5.41, 5.74) is 4.69. The van der Waals surface area contributed by atoms with E-state index < -0.39 is 10.0 Å². The van der Waals surface area contributed by atoms with Gasteiger partial charge in [-0.1, -0.05) is 23.8 Å². The molecule has 1 amide bonds. The molecule has 0 spiro atoms. The third-order valence-electron chi connectivity index (χ3n) is 4.57. The van der Waals surface area contributed by atoms with Gasteiger partial charge in [-0.2, -0.15) is 5.10 Å². The minimum Gasteiger partial charge on any atom is -0.345 e. The molecule has 0 fully saturated rings. The fourth-order valence-corrected chi connectivity index (χ4v) is 3.64. The van der Waals surface area contributed by atoms with E-state index in [2.05, 4.69) is 15.1 Å². The molecule has 1 unspecified atom stereocenters. The maximum Gasteiger partial charge on any atom is 0.251 e. The van der Waals surface area contributed by atoms with Gasteiger partial charge in [0.05, 0.1) is 24.2 Å². The van der Waals surface area contributed by atoms with Crippen molar-refractivity contribution in [3.63, 3.8) is 0 Å². The van der Waals surface area contributed by atoms with Crippen LogP contribution in [0.2, 0.25) is 0 Å². The van der Waals surface area contributed by atoms with E-state index in [-0.39, 0.29) is 11.9 Å². The van der Waals surface area contributed by atoms with E-state index in [1.54, 1.807) is 24.4 Å². The maximum atomic E-state index is 12.7. The van der Waals surface area contributed by atoms with Crippen molar-refractivity contribution < 1.29 is 13.2 Å². The van der Waals surface area contributed by atoms with Gasteiger partial charge in [-0.3, -0.25) is 9.52 Å². The van der Waals surface area contributed by atoms with Gasteiger partial charge in [-0.15, -0.1) is 0 Å². The van der Waals surface area contributed by atoms with Crippen molar-refractivity contribution in [2.75, 3.05) is 11.0 Å². The van der Waals surface area contributed by atoms with Crippen molar-refractivity contribution >= 4 is 21.6 Å². The number of amides is 1. The zero-order valence-corrected chi connectivity index (χ0v) is 17.6. The van der Waals surface area contributed by atoms with E-state index in [9.17, 15) is 13.2 Å². The highest BCUT2D eigenvalue weighted by atomic mass is 32.2. The number of rotatable bonds is 6. The molecule has 3 rings (SSSR count). The number of carbonyl (C=O) groups is 1. The van der Waals surface area contributed by atoms with Gasteiger partial charge in [-0.25, -0.2) is 13.1 Å². The number of hydrogen-bond donors (Lipinski definition) is 2. The van der Waals surface area contributed by atoms with Gasteiger partial charge < -0.3 is 5.32 Å². The molecule has 1 heterocycles. The van der Waals surface area contributed by atoms with Crippen molar-refractivity contribution in [1.82, 2.24) is 15.1 Å². The topological polar surface area (TPSA) is 93.1 Å². The molecule has 7 nitrogen and oxygen atoms in total. The van der Waals surface area contributed by atoms with Gasteiger partial charge in [0.1, 0.15) is 0 Å². The van der Waals surface area contributed by atoms with Crippen molar-refractivity contribution in [3.05, 3.63) is 77.1 Å². The monoisotopic (exact) mass is 412 g/mol. The van der Waals surface area contributed by atoms with Crippen molar-refractivity contribution in [2.24, 2.45) is 0 Å². The molecule has 0 aliphatic carbocycles.